The number of unbranched alkanes of at least 4 members (excludes halogenated alkanes) is 1. The van der Waals surface area contributed by atoms with E-state index in [0.29, 0.717) is 19.4 Å². The van der Waals surface area contributed by atoms with Crippen LogP contribution in [0.1, 0.15) is 32.6 Å². The van der Waals surface area contributed by atoms with Crippen LogP contribution in [-0.4, -0.2) is 43.3 Å². The molecule has 0 spiro atoms. The van der Waals surface area contributed by atoms with E-state index in [-0.39, 0.29) is 19.4 Å². The van der Waals surface area contributed by atoms with Crippen molar-refractivity contribution < 1.29 is 19.1 Å². The molecule has 0 aromatic rings. The van der Waals surface area contributed by atoms with Crippen molar-refractivity contribution in [2.45, 2.75) is 32.6 Å². The summed E-state index contributed by atoms with van der Waals surface area (Å²) in [5.41, 5.74) is 0. The smallest absolute Gasteiger partial charge is 0.306 e. The van der Waals surface area contributed by atoms with Crippen molar-refractivity contribution in [3.8, 4) is 0 Å². The van der Waals surface area contributed by atoms with Crippen molar-refractivity contribution in [2.24, 2.45) is 0 Å². The number of aldehydes is 1. The van der Waals surface area contributed by atoms with Crippen LogP contribution < -0.4 is 0 Å². The third-order valence-corrected chi connectivity index (χ3v) is 2.06. The Labute approximate surface area is 95.7 Å². The Hall–Kier alpha value is -1.39. The first-order chi connectivity index (χ1) is 7.74. The summed E-state index contributed by atoms with van der Waals surface area (Å²) < 4.78 is 4.86. The van der Waals surface area contributed by atoms with Gasteiger partial charge in [-0.05, 0) is 6.42 Å². The van der Waals surface area contributed by atoms with Crippen LogP contribution in [0.3, 0.4) is 0 Å². The Balaban J connectivity index is 3.56. The Morgan fingerprint density at radius 1 is 1.31 bits per heavy atom. The highest BCUT2D eigenvalue weighted by Gasteiger charge is 2.04. The van der Waals surface area contributed by atoms with Crippen molar-refractivity contribution in [3.05, 3.63) is 0 Å². The summed E-state index contributed by atoms with van der Waals surface area (Å²) >= 11 is 0. The lowest BCUT2D eigenvalue weighted by Gasteiger charge is -2.16. The van der Waals surface area contributed by atoms with Gasteiger partial charge in [-0.3, -0.25) is 9.59 Å². The van der Waals surface area contributed by atoms with Crippen molar-refractivity contribution in [1.29, 1.82) is 0 Å². The molecular formula is C11H19NO4. The second-order valence-electron chi connectivity index (χ2n) is 3.42. The summed E-state index contributed by atoms with van der Waals surface area (Å²) in [6.45, 7) is 3.34. The minimum absolute atomic E-state index is 0.111. The second kappa shape index (κ2) is 10.1. The molecule has 5 nitrogen and oxygen atoms in total. The molecule has 0 aromatic heterocycles. The summed E-state index contributed by atoms with van der Waals surface area (Å²) in [7, 11) is 0. The van der Waals surface area contributed by atoms with Crippen LogP contribution in [0.4, 0.5) is 0 Å². The molecule has 0 aliphatic carbocycles. The van der Waals surface area contributed by atoms with Gasteiger partial charge in [0.1, 0.15) is 12.9 Å². The van der Waals surface area contributed by atoms with Crippen molar-refractivity contribution in [1.82, 2.24) is 4.90 Å². The Morgan fingerprint density at radius 3 is 2.62 bits per heavy atom. The Morgan fingerprint density at radius 2 is 2.06 bits per heavy atom. The van der Waals surface area contributed by atoms with E-state index in [1.807, 2.05) is 6.92 Å². The number of carbonyl (C=O) groups is 3. The molecule has 0 aliphatic heterocycles. The predicted molar refractivity (Wildman–Crippen MR) is 58.8 cm³/mol. The standard InChI is InChI=1S/C11H19NO4/c1-2-3-6-12(10-14)7-9-16-11(15)5-4-8-13/h8,10H,2-7,9H2,1H3. The zero-order valence-corrected chi connectivity index (χ0v) is 9.68. The highest BCUT2D eigenvalue weighted by molar-refractivity contribution is 5.72. The van der Waals surface area contributed by atoms with Gasteiger partial charge in [-0.15, -0.1) is 0 Å². The average molecular weight is 229 g/mol. The number of carbonyl (C=O) groups excluding carboxylic acids is 3. The minimum atomic E-state index is -0.395. The van der Waals surface area contributed by atoms with Crippen LogP contribution in [0.5, 0.6) is 0 Å². The van der Waals surface area contributed by atoms with Gasteiger partial charge in [0, 0.05) is 13.0 Å². The molecule has 0 saturated heterocycles. The van der Waals surface area contributed by atoms with Crippen LogP contribution in [0.15, 0.2) is 0 Å². The monoisotopic (exact) mass is 229 g/mol. The van der Waals surface area contributed by atoms with E-state index in [1.165, 1.54) is 0 Å². The molecule has 0 unspecified atom stereocenters. The molecule has 0 fully saturated rings. The average Bonchev–Trinajstić information content (AvgIpc) is 2.30. The van der Waals surface area contributed by atoms with E-state index < -0.39 is 5.97 Å². The topological polar surface area (TPSA) is 63.7 Å². The lowest BCUT2D eigenvalue weighted by molar-refractivity contribution is -0.145. The van der Waals surface area contributed by atoms with Gasteiger partial charge in [-0.2, -0.15) is 0 Å². The summed E-state index contributed by atoms with van der Waals surface area (Å²) in [4.78, 5) is 33.2. The van der Waals surface area contributed by atoms with E-state index in [1.54, 1.807) is 4.90 Å². The maximum atomic E-state index is 11.0. The van der Waals surface area contributed by atoms with Crippen molar-refractivity contribution >= 4 is 18.7 Å². The van der Waals surface area contributed by atoms with E-state index >= 15 is 0 Å². The largest absolute Gasteiger partial charge is 0.464 e. The quantitative estimate of drug-likeness (QED) is 0.410. The molecule has 0 radical (unpaired) electrons. The molecule has 0 aliphatic rings. The molecular weight excluding hydrogens is 210 g/mol. The van der Waals surface area contributed by atoms with Gasteiger partial charge in [0.2, 0.25) is 6.41 Å². The van der Waals surface area contributed by atoms with Gasteiger partial charge in [-0.1, -0.05) is 13.3 Å². The molecule has 0 aromatic carbocycles. The Bertz CT molecular complexity index is 218. The zero-order chi connectivity index (χ0) is 12.2. The van der Waals surface area contributed by atoms with E-state index in [4.69, 9.17) is 4.74 Å². The van der Waals surface area contributed by atoms with E-state index in [0.717, 1.165) is 19.3 Å². The fourth-order valence-corrected chi connectivity index (χ4v) is 1.10. The zero-order valence-electron chi connectivity index (χ0n) is 9.68. The number of amides is 1. The van der Waals surface area contributed by atoms with Gasteiger partial charge < -0.3 is 14.4 Å². The minimum Gasteiger partial charge on any atom is -0.464 e. The van der Waals surface area contributed by atoms with Gasteiger partial charge in [0.25, 0.3) is 0 Å². The number of hydrogen-bond acceptors (Lipinski definition) is 4. The molecule has 0 rings (SSSR count). The maximum absolute atomic E-state index is 11.0. The first-order valence-electron chi connectivity index (χ1n) is 5.53. The van der Waals surface area contributed by atoms with Crippen molar-refractivity contribution in [2.75, 3.05) is 19.7 Å². The van der Waals surface area contributed by atoms with Crippen LogP contribution >= 0.6 is 0 Å². The Kier molecular flexibility index (Phi) is 9.26. The molecule has 0 bridgehead atoms. The predicted octanol–water partition coefficient (Wildman–Crippen LogP) is 0.767. The second-order valence-corrected chi connectivity index (χ2v) is 3.42. The van der Waals surface area contributed by atoms with Gasteiger partial charge in [-0.25, -0.2) is 0 Å². The highest BCUT2D eigenvalue weighted by Crippen LogP contribution is 1.94. The summed E-state index contributed by atoms with van der Waals surface area (Å²) in [6, 6.07) is 0. The summed E-state index contributed by atoms with van der Waals surface area (Å²) in [5, 5.41) is 0. The van der Waals surface area contributed by atoms with Crippen LogP contribution in [0.25, 0.3) is 0 Å². The van der Waals surface area contributed by atoms with Gasteiger partial charge in [0.05, 0.1) is 13.0 Å². The molecule has 0 N–H and O–H groups in total. The third kappa shape index (κ3) is 7.96. The molecule has 92 valence electrons. The number of hydrogen-bond donors (Lipinski definition) is 0. The van der Waals surface area contributed by atoms with Gasteiger partial charge in [0.15, 0.2) is 0 Å². The molecule has 0 atom stereocenters. The van der Waals surface area contributed by atoms with E-state index in [2.05, 4.69) is 0 Å². The normalized spacial score (nSPS) is 9.56. The lowest BCUT2D eigenvalue weighted by Crippen LogP contribution is -2.28. The third-order valence-electron chi connectivity index (χ3n) is 2.06. The lowest BCUT2D eigenvalue weighted by atomic mass is 10.3. The van der Waals surface area contributed by atoms with Crippen LogP contribution in [0.2, 0.25) is 0 Å². The first kappa shape index (κ1) is 14.6. The van der Waals surface area contributed by atoms with Crippen LogP contribution in [-0.2, 0) is 19.1 Å². The SMILES string of the molecule is CCCCN(C=O)CCOC(=O)CCC=O. The fourth-order valence-electron chi connectivity index (χ4n) is 1.10. The number of ether oxygens (including phenoxy) is 1. The number of esters is 1. The van der Waals surface area contributed by atoms with Crippen LogP contribution in [0, 0.1) is 0 Å². The molecule has 1 amide bonds. The highest BCUT2D eigenvalue weighted by atomic mass is 16.5. The molecule has 16 heavy (non-hydrogen) atoms. The van der Waals surface area contributed by atoms with Gasteiger partial charge >= 0.3 is 5.97 Å². The first-order valence-corrected chi connectivity index (χ1v) is 5.53. The van der Waals surface area contributed by atoms with E-state index in [9.17, 15) is 14.4 Å². The molecule has 5 heteroatoms. The molecule has 0 heterocycles. The maximum Gasteiger partial charge on any atom is 0.306 e. The van der Waals surface area contributed by atoms with Crippen molar-refractivity contribution in [3.63, 3.8) is 0 Å². The summed E-state index contributed by atoms with van der Waals surface area (Å²) in [5.74, 6) is -0.395. The number of rotatable bonds is 10. The summed E-state index contributed by atoms with van der Waals surface area (Å²) in [6.07, 6.45) is 3.70. The molecule has 0 saturated carbocycles. The fraction of sp³-hybridized carbons (Fsp3) is 0.727. The number of nitrogens with zero attached hydrogens (tertiary/aromatic N) is 1.